The van der Waals surface area contributed by atoms with E-state index in [1.54, 1.807) is 0 Å². The van der Waals surface area contributed by atoms with Gasteiger partial charge in [-0.3, -0.25) is 4.79 Å². The third-order valence-electron chi connectivity index (χ3n) is 3.22. The second-order valence-corrected chi connectivity index (χ2v) is 6.15. The van der Waals surface area contributed by atoms with E-state index in [1.165, 1.54) is 6.42 Å². The lowest BCUT2D eigenvalue weighted by Gasteiger charge is -2.38. The topological polar surface area (TPSA) is 20.3 Å². The van der Waals surface area contributed by atoms with E-state index in [2.05, 4.69) is 43.6 Å². The maximum atomic E-state index is 12.2. The highest BCUT2D eigenvalue weighted by Gasteiger charge is 2.31. The van der Waals surface area contributed by atoms with Gasteiger partial charge in [0.15, 0.2) is 0 Å². The Morgan fingerprint density at radius 1 is 1.33 bits per heavy atom. The number of amides is 1. The second kappa shape index (κ2) is 5.33. The predicted octanol–water partition coefficient (Wildman–Crippen LogP) is 3.05. The summed E-state index contributed by atoms with van der Waals surface area (Å²) in [6.45, 7) is 9.47. The minimum atomic E-state index is -0.0229. The first kappa shape index (κ1) is 13.0. The van der Waals surface area contributed by atoms with Crippen LogP contribution in [0.25, 0.3) is 0 Å². The van der Waals surface area contributed by atoms with Crippen molar-refractivity contribution in [2.24, 2.45) is 11.8 Å². The zero-order chi connectivity index (χ0) is 11.6. The number of alkyl halides is 1. The molecule has 3 atom stereocenters. The number of hydrogen-bond acceptors (Lipinski definition) is 1. The average molecular weight is 276 g/mol. The minimum Gasteiger partial charge on any atom is -0.339 e. The quantitative estimate of drug-likeness (QED) is 0.710. The van der Waals surface area contributed by atoms with Crippen molar-refractivity contribution in [2.75, 3.05) is 6.54 Å². The zero-order valence-electron chi connectivity index (χ0n) is 10.2. The second-order valence-electron chi connectivity index (χ2n) is 5.17. The van der Waals surface area contributed by atoms with E-state index in [1.807, 2.05) is 4.90 Å². The highest BCUT2D eigenvalue weighted by atomic mass is 79.9. The smallest absolute Gasteiger partial charge is 0.236 e. The first-order valence-electron chi connectivity index (χ1n) is 5.88. The van der Waals surface area contributed by atoms with Crippen molar-refractivity contribution in [2.45, 2.75) is 51.4 Å². The average Bonchev–Trinajstić information content (AvgIpc) is 2.19. The van der Waals surface area contributed by atoms with E-state index >= 15 is 0 Å². The standard InChI is InChI=1S/C12H22BrNO/c1-8(2)11(13)12(15)14-7-9(3)5-6-10(14)4/h8-11H,5-7H2,1-4H3. The fraction of sp³-hybridized carbons (Fsp3) is 0.917. The molecule has 0 aliphatic carbocycles. The van der Waals surface area contributed by atoms with E-state index in [-0.39, 0.29) is 10.7 Å². The summed E-state index contributed by atoms with van der Waals surface area (Å²) in [6, 6.07) is 0.410. The number of carbonyl (C=O) groups is 1. The van der Waals surface area contributed by atoms with Gasteiger partial charge < -0.3 is 4.90 Å². The van der Waals surface area contributed by atoms with Gasteiger partial charge in [0.1, 0.15) is 0 Å². The lowest BCUT2D eigenvalue weighted by molar-refractivity contribution is -0.135. The van der Waals surface area contributed by atoms with Crippen molar-refractivity contribution in [1.82, 2.24) is 4.90 Å². The lowest BCUT2D eigenvalue weighted by atomic mass is 9.94. The maximum absolute atomic E-state index is 12.2. The van der Waals surface area contributed by atoms with Crippen molar-refractivity contribution in [3.63, 3.8) is 0 Å². The molecule has 0 N–H and O–H groups in total. The van der Waals surface area contributed by atoms with Crippen LogP contribution >= 0.6 is 15.9 Å². The summed E-state index contributed by atoms with van der Waals surface area (Å²) in [5.41, 5.74) is 0. The van der Waals surface area contributed by atoms with Gasteiger partial charge in [0, 0.05) is 12.6 Å². The van der Waals surface area contributed by atoms with Crippen LogP contribution in [0, 0.1) is 11.8 Å². The molecule has 0 aromatic rings. The van der Waals surface area contributed by atoms with Crippen LogP contribution in [0.15, 0.2) is 0 Å². The molecule has 1 fully saturated rings. The molecule has 0 aromatic heterocycles. The lowest BCUT2D eigenvalue weighted by Crippen LogP contribution is -2.48. The molecule has 0 spiro atoms. The van der Waals surface area contributed by atoms with Gasteiger partial charge in [-0.1, -0.05) is 36.7 Å². The molecule has 1 saturated heterocycles. The summed E-state index contributed by atoms with van der Waals surface area (Å²) in [4.78, 5) is 14.2. The first-order chi connectivity index (χ1) is 6.93. The summed E-state index contributed by atoms with van der Waals surface area (Å²) in [5.74, 6) is 1.28. The van der Waals surface area contributed by atoms with Crippen LogP contribution in [0.1, 0.15) is 40.5 Å². The highest BCUT2D eigenvalue weighted by molar-refractivity contribution is 9.10. The Morgan fingerprint density at radius 3 is 2.47 bits per heavy atom. The van der Waals surface area contributed by atoms with E-state index in [9.17, 15) is 4.79 Å². The fourth-order valence-corrected chi connectivity index (χ4v) is 2.30. The molecule has 3 unspecified atom stereocenters. The third kappa shape index (κ3) is 3.20. The molecule has 2 nitrogen and oxygen atoms in total. The summed E-state index contributed by atoms with van der Waals surface area (Å²) >= 11 is 3.50. The monoisotopic (exact) mass is 275 g/mol. The highest BCUT2D eigenvalue weighted by Crippen LogP contribution is 2.25. The zero-order valence-corrected chi connectivity index (χ0v) is 11.8. The Morgan fingerprint density at radius 2 is 1.93 bits per heavy atom. The van der Waals surface area contributed by atoms with Gasteiger partial charge in [-0.25, -0.2) is 0 Å². The van der Waals surface area contributed by atoms with Gasteiger partial charge >= 0.3 is 0 Å². The van der Waals surface area contributed by atoms with Crippen LogP contribution in [-0.4, -0.2) is 28.2 Å². The molecule has 88 valence electrons. The molecule has 0 radical (unpaired) electrons. The summed E-state index contributed by atoms with van der Waals surface area (Å²) in [6.07, 6.45) is 2.39. The molecule has 15 heavy (non-hydrogen) atoms. The predicted molar refractivity (Wildman–Crippen MR) is 67.1 cm³/mol. The summed E-state index contributed by atoms with van der Waals surface area (Å²) in [7, 11) is 0. The van der Waals surface area contributed by atoms with Gasteiger partial charge in [0.25, 0.3) is 0 Å². The Bertz CT molecular complexity index is 230. The largest absolute Gasteiger partial charge is 0.339 e. The first-order valence-corrected chi connectivity index (χ1v) is 6.79. The van der Waals surface area contributed by atoms with E-state index in [0.717, 1.165) is 13.0 Å². The van der Waals surface area contributed by atoms with Gasteiger partial charge in [0.2, 0.25) is 5.91 Å². The number of piperidine rings is 1. The molecule has 0 aromatic carbocycles. The van der Waals surface area contributed by atoms with Crippen molar-refractivity contribution >= 4 is 21.8 Å². The van der Waals surface area contributed by atoms with Crippen molar-refractivity contribution in [3.05, 3.63) is 0 Å². The number of nitrogens with zero attached hydrogens (tertiary/aromatic N) is 1. The number of likely N-dealkylation sites (tertiary alicyclic amines) is 1. The molecule has 1 rings (SSSR count). The van der Waals surface area contributed by atoms with Crippen LogP contribution in [0.5, 0.6) is 0 Å². The number of halogens is 1. The van der Waals surface area contributed by atoms with E-state index in [4.69, 9.17) is 0 Å². The van der Waals surface area contributed by atoms with Crippen molar-refractivity contribution in [3.8, 4) is 0 Å². The molecular weight excluding hydrogens is 254 g/mol. The summed E-state index contributed by atoms with van der Waals surface area (Å²) in [5, 5.41) is 0. The molecule has 1 aliphatic heterocycles. The minimum absolute atomic E-state index is 0.0229. The Balaban J connectivity index is 2.64. The molecular formula is C12H22BrNO. The van der Waals surface area contributed by atoms with Gasteiger partial charge in [-0.2, -0.15) is 0 Å². The van der Waals surface area contributed by atoms with Crippen molar-refractivity contribution < 1.29 is 4.79 Å². The Labute approximate surface area is 102 Å². The van der Waals surface area contributed by atoms with Crippen LogP contribution < -0.4 is 0 Å². The third-order valence-corrected chi connectivity index (χ3v) is 4.67. The fourth-order valence-electron chi connectivity index (χ4n) is 2.04. The van der Waals surface area contributed by atoms with Gasteiger partial charge in [0.05, 0.1) is 4.83 Å². The molecule has 0 bridgehead atoms. The maximum Gasteiger partial charge on any atom is 0.236 e. The number of hydrogen-bond donors (Lipinski definition) is 0. The Kier molecular flexibility index (Phi) is 4.63. The number of rotatable bonds is 2. The molecule has 1 aliphatic rings. The van der Waals surface area contributed by atoms with Gasteiger partial charge in [-0.15, -0.1) is 0 Å². The van der Waals surface area contributed by atoms with Crippen LogP contribution in [0.2, 0.25) is 0 Å². The van der Waals surface area contributed by atoms with E-state index < -0.39 is 0 Å². The van der Waals surface area contributed by atoms with Crippen LogP contribution in [-0.2, 0) is 4.79 Å². The Hall–Kier alpha value is -0.0500. The normalized spacial score (nSPS) is 29.3. The van der Waals surface area contributed by atoms with E-state index in [0.29, 0.717) is 17.9 Å². The number of carbonyl (C=O) groups excluding carboxylic acids is 1. The molecule has 1 heterocycles. The molecule has 1 amide bonds. The van der Waals surface area contributed by atoms with Crippen molar-refractivity contribution in [1.29, 1.82) is 0 Å². The summed E-state index contributed by atoms with van der Waals surface area (Å²) < 4.78 is 0. The van der Waals surface area contributed by atoms with Crippen LogP contribution in [0.4, 0.5) is 0 Å². The molecule has 3 heteroatoms. The molecule has 0 saturated carbocycles. The van der Waals surface area contributed by atoms with Crippen LogP contribution in [0.3, 0.4) is 0 Å². The SMILES string of the molecule is CC1CCC(C)N(C(=O)C(Br)C(C)C)C1. The van der Waals surface area contributed by atoms with Gasteiger partial charge in [-0.05, 0) is 31.6 Å².